The first-order chi connectivity index (χ1) is 8.51. The van der Waals surface area contributed by atoms with Gasteiger partial charge in [0.1, 0.15) is 0 Å². The maximum atomic E-state index is 3.57. The lowest BCUT2D eigenvalue weighted by molar-refractivity contribution is 0.411. The van der Waals surface area contributed by atoms with Crippen LogP contribution in [-0.4, -0.2) is 25.2 Å². The van der Waals surface area contributed by atoms with Crippen LogP contribution in [0.1, 0.15) is 32.8 Å². The third-order valence-electron chi connectivity index (χ3n) is 4.03. The van der Waals surface area contributed by atoms with Crippen LogP contribution in [-0.2, 0) is 6.42 Å². The van der Waals surface area contributed by atoms with Crippen molar-refractivity contribution < 1.29 is 0 Å². The predicted molar refractivity (Wildman–Crippen MR) is 77.1 cm³/mol. The second kappa shape index (κ2) is 4.27. The van der Waals surface area contributed by atoms with E-state index in [2.05, 4.69) is 55.3 Å². The van der Waals surface area contributed by atoms with E-state index in [4.69, 9.17) is 0 Å². The second-order valence-corrected chi connectivity index (χ2v) is 7.05. The number of nitrogens with one attached hydrogen (secondary N) is 1. The molecule has 0 saturated carbocycles. The van der Waals surface area contributed by atoms with Gasteiger partial charge in [0, 0.05) is 30.9 Å². The molecule has 2 aliphatic rings. The minimum absolute atomic E-state index is 0.365. The van der Waals surface area contributed by atoms with Crippen LogP contribution in [0, 0.1) is 5.41 Å². The summed E-state index contributed by atoms with van der Waals surface area (Å²) < 4.78 is 0. The van der Waals surface area contributed by atoms with E-state index in [1.165, 1.54) is 24.2 Å². The van der Waals surface area contributed by atoms with Crippen molar-refractivity contribution in [2.45, 2.75) is 45.7 Å². The van der Waals surface area contributed by atoms with Crippen LogP contribution in [0.15, 0.2) is 24.3 Å². The van der Waals surface area contributed by atoms with Crippen molar-refractivity contribution in [3.63, 3.8) is 0 Å². The third-order valence-corrected chi connectivity index (χ3v) is 4.03. The molecule has 2 aliphatic heterocycles. The van der Waals surface area contributed by atoms with E-state index in [9.17, 15) is 0 Å². The molecule has 2 unspecified atom stereocenters. The molecule has 1 aromatic rings. The lowest BCUT2D eigenvalue weighted by Gasteiger charge is -2.30. The maximum Gasteiger partial charge on any atom is 0.0430 e. The van der Waals surface area contributed by atoms with Gasteiger partial charge in [-0.25, -0.2) is 0 Å². The molecule has 98 valence electrons. The van der Waals surface area contributed by atoms with Gasteiger partial charge in [-0.05, 0) is 36.0 Å². The zero-order valence-corrected chi connectivity index (χ0v) is 11.7. The average Bonchev–Trinajstić information content (AvgIpc) is 2.88. The van der Waals surface area contributed by atoms with Gasteiger partial charge in [-0.2, -0.15) is 0 Å². The Morgan fingerprint density at radius 1 is 1.33 bits per heavy atom. The van der Waals surface area contributed by atoms with Gasteiger partial charge in [-0.1, -0.05) is 32.9 Å². The minimum atomic E-state index is 0.365. The summed E-state index contributed by atoms with van der Waals surface area (Å²) in [5, 5.41) is 3.57. The Morgan fingerprint density at radius 3 is 2.78 bits per heavy atom. The monoisotopic (exact) mass is 244 g/mol. The molecule has 1 aromatic carbocycles. The molecule has 2 saturated heterocycles. The highest BCUT2D eigenvalue weighted by Crippen LogP contribution is 2.31. The van der Waals surface area contributed by atoms with Crippen LogP contribution < -0.4 is 10.2 Å². The van der Waals surface area contributed by atoms with Crippen LogP contribution in [0.5, 0.6) is 0 Å². The van der Waals surface area contributed by atoms with E-state index in [1.807, 2.05) is 0 Å². The van der Waals surface area contributed by atoms with Crippen LogP contribution >= 0.6 is 0 Å². The van der Waals surface area contributed by atoms with Crippen molar-refractivity contribution in [1.29, 1.82) is 0 Å². The van der Waals surface area contributed by atoms with Gasteiger partial charge in [0.15, 0.2) is 0 Å². The summed E-state index contributed by atoms with van der Waals surface area (Å²) in [7, 11) is 0. The Morgan fingerprint density at radius 2 is 2.17 bits per heavy atom. The molecule has 0 spiro atoms. The van der Waals surface area contributed by atoms with Crippen LogP contribution in [0.4, 0.5) is 5.69 Å². The summed E-state index contributed by atoms with van der Waals surface area (Å²) in [4.78, 5) is 2.59. The van der Waals surface area contributed by atoms with Crippen LogP contribution in [0.3, 0.4) is 0 Å². The number of piperazine rings is 1. The number of fused-ring (bicyclic) bond motifs is 2. The number of benzene rings is 1. The fourth-order valence-corrected chi connectivity index (χ4v) is 3.33. The summed E-state index contributed by atoms with van der Waals surface area (Å²) in [5.41, 5.74) is 3.26. The second-order valence-electron chi connectivity index (χ2n) is 7.05. The molecule has 0 aromatic heterocycles. The highest BCUT2D eigenvalue weighted by Gasteiger charge is 2.37. The predicted octanol–water partition coefficient (Wildman–Crippen LogP) is 2.83. The summed E-state index contributed by atoms with van der Waals surface area (Å²) in [5.74, 6) is 0. The van der Waals surface area contributed by atoms with Crippen molar-refractivity contribution in [3.05, 3.63) is 29.8 Å². The Hall–Kier alpha value is -1.02. The maximum absolute atomic E-state index is 3.57. The van der Waals surface area contributed by atoms with E-state index in [1.54, 1.807) is 0 Å². The normalized spacial score (nSPS) is 26.9. The first-order valence-corrected chi connectivity index (χ1v) is 7.10. The number of hydrogen-bond donors (Lipinski definition) is 1. The lowest BCUT2D eigenvalue weighted by Crippen LogP contribution is -2.43. The molecule has 1 N–H and O–H groups in total. The van der Waals surface area contributed by atoms with E-state index in [-0.39, 0.29) is 0 Å². The van der Waals surface area contributed by atoms with Crippen LogP contribution in [0.25, 0.3) is 0 Å². The van der Waals surface area contributed by atoms with Gasteiger partial charge in [-0.15, -0.1) is 0 Å². The highest BCUT2D eigenvalue weighted by atomic mass is 15.3. The number of hydrogen-bond acceptors (Lipinski definition) is 2. The quantitative estimate of drug-likeness (QED) is 0.860. The third kappa shape index (κ3) is 2.39. The van der Waals surface area contributed by atoms with Gasteiger partial charge in [0.2, 0.25) is 0 Å². The van der Waals surface area contributed by atoms with Crippen molar-refractivity contribution in [1.82, 2.24) is 5.32 Å². The van der Waals surface area contributed by atoms with Gasteiger partial charge in [0.05, 0.1) is 0 Å². The van der Waals surface area contributed by atoms with Gasteiger partial charge < -0.3 is 10.2 Å². The SMILES string of the molecule is CC(C)(C)Cc1cccc(N2CC3CC2CN3)c1. The number of anilines is 1. The molecule has 2 heterocycles. The molecular formula is C16H24N2. The highest BCUT2D eigenvalue weighted by molar-refractivity contribution is 5.52. The molecule has 2 bridgehead atoms. The first-order valence-electron chi connectivity index (χ1n) is 7.10. The van der Waals surface area contributed by atoms with Crippen molar-refractivity contribution in [2.24, 2.45) is 5.41 Å². The fourth-order valence-electron chi connectivity index (χ4n) is 3.33. The average molecular weight is 244 g/mol. The fraction of sp³-hybridized carbons (Fsp3) is 0.625. The molecule has 2 atom stereocenters. The van der Waals surface area contributed by atoms with Crippen molar-refractivity contribution in [3.8, 4) is 0 Å². The Labute approximate surface area is 110 Å². The van der Waals surface area contributed by atoms with E-state index < -0.39 is 0 Å². The summed E-state index contributed by atoms with van der Waals surface area (Å²) in [6.07, 6.45) is 2.48. The Kier molecular flexibility index (Phi) is 2.86. The largest absolute Gasteiger partial charge is 0.366 e. The van der Waals surface area contributed by atoms with Gasteiger partial charge in [0.25, 0.3) is 0 Å². The van der Waals surface area contributed by atoms with Gasteiger partial charge in [-0.3, -0.25) is 0 Å². The Balaban J connectivity index is 1.79. The van der Waals surface area contributed by atoms with Crippen molar-refractivity contribution in [2.75, 3.05) is 18.0 Å². The molecule has 0 aliphatic carbocycles. The minimum Gasteiger partial charge on any atom is -0.366 e. The number of rotatable bonds is 2. The lowest BCUT2D eigenvalue weighted by atomic mass is 9.88. The Bertz CT molecular complexity index is 433. The zero-order valence-electron chi connectivity index (χ0n) is 11.7. The molecule has 2 nitrogen and oxygen atoms in total. The van der Waals surface area contributed by atoms with E-state index >= 15 is 0 Å². The summed E-state index contributed by atoms with van der Waals surface area (Å²) in [6, 6.07) is 10.6. The summed E-state index contributed by atoms with van der Waals surface area (Å²) in [6.45, 7) is 9.27. The zero-order chi connectivity index (χ0) is 12.8. The van der Waals surface area contributed by atoms with Crippen LogP contribution in [0.2, 0.25) is 0 Å². The standard InChI is InChI=1S/C16H24N2/c1-16(2,3)9-12-5-4-6-14(7-12)18-11-13-8-15(18)10-17-13/h4-7,13,15,17H,8-11H2,1-3H3. The molecule has 3 rings (SSSR count). The molecule has 0 amide bonds. The van der Waals surface area contributed by atoms with Gasteiger partial charge >= 0.3 is 0 Å². The molecule has 18 heavy (non-hydrogen) atoms. The van der Waals surface area contributed by atoms with E-state index in [0.717, 1.165) is 25.0 Å². The molecular weight excluding hydrogens is 220 g/mol. The molecule has 0 radical (unpaired) electrons. The first kappa shape index (κ1) is 12.0. The molecule has 2 heteroatoms. The topological polar surface area (TPSA) is 15.3 Å². The number of nitrogens with zero attached hydrogens (tertiary/aromatic N) is 1. The summed E-state index contributed by atoms with van der Waals surface area (Å²) >= 11 is 0. The molecule has 2 fully saturated rings. The van der Waals surface area contributed by atoms with E-state index in [0.29, 0.717) is 5.41 Å². The smallest absolute Gasteiger partial charge is 0.0430 e. The van der Waals surface area contributed by atoms with Crippen molar-refractivity contribution >= 4 is 5.69 Å².